The smallest absolute Gasteiger partial charge is 0.145 e. The molecule has 1 aromatic heterocycles. The molecule has 1 atom stereocenters. The third kappa shape index (κ3) is 2.59. The number of hydrogen-bond donors (Lipinski definition) is 2. The van der Waals surface area contributed by atoms with Crippen LogP contribution in [-0.4, -0.2) is 29.1 Å². The Kier molecular flexibility index (Phi) is 3.37. The van der Waals surface area contributed by atoms with Crippen molar-refractivity contribution in [3.05, 3.63) is 30.5 Å². The van der Waals surface area contributed by atoms with Crippen LogP contribution in [0.1, 0.15) is 19.3 Å². The fourth-order valence-electron chi connectivity index (χ4n) is 2.37. The first-order chi connectivity index (χ1) is 8.92. The summed E-state index contributed by atoms with van der Waals surface area (Å²) in [4.78, 5) is 8.96. The van der Waals surface area contributed by atoms with Crippen LogP contribution < -0.4 is 10.6 Å². The van der Waals surface area contributed by atoms with E-state index in [-0.39, 0.29) is 0 Å². The molecule has 0 saturated carbocycles. The predicted molar refractivity (Wildman–Crippen MR) is 73.7 cm³/mol. The van der Waals surface area contributed by atoms with E-state index in [0.29, 0.717) is 6.04 Å². The average molecular weight is 242 g/mol. The lowest BCUT2D eigenvalue weighted by Gasteiger charge is -2.23. The van der Waals surface area contributed by atoms with Gasteiger partial charge in [0.25, 0.3) is 0 Å². The van der Waals surface area contributed by atoms with Crippen molar-refractivity contribution in [2.75, 3.05) is 18.4 Å². The first-order valence-electron chi connectivity index (χ1n) is 6.61. The fourth-order valence-corrected chi connectivity index (χ4v) is 2.37. The highest BCUT2D eigenvalue weighted by atomic mass is 15.0. The zero-order valence-electron chi connectivity index (χ0n) is 10.4. The van der Waals surface area contributed by atoms with E-state index < -0.39 is 0 Å². The summed E-state index contributed by atoms with van der Waals surface area (Å²) in [7, 11) is 0. The van der Waals surface area contributed by atoms with Crippen molar-refractivity contribution in [3.63, 3.8) is 0 Å². The van der Waals surface area contributed by atoms with Crippen molar-refractivity contribution in [1.82, 2.24) is 15.3 Å². The number of benzene rings is 1. The molecule has 0 radical (unpaired) electrons. The van der Waals surface area contributed by atoms with E-state index in [1.165, 1.54) is 19.3 Å². The summed E-state index contributed by atoms with van der Waals surface area (Å²) in [5, 5.41) is 6.89. The molecule has 0 amide bonds. The maximum Gasteiger partial charge on any atom is 0.145 e. The second kappa shape index (κ2) is 5.31. The summed E-state index contributed by atoms with van der Waals surface area (Å²) in [6, 6.07) is 8.51. The lowest BCUT2D eigenvalue weighted by molar-refractivity contribution is 0.414. The van der Waals surface area contributed by atoms with E-state index in [4.69, 9.17) is 0 Å². The second-order valence-electron chi connectivity index (χ2n) is 4.77. The molecule has 4 heteroatoms. The van der Waals surface area contributed by atoms with Crippen LogP contribution >= 0.6 is 0 Å². The summed E-state index contributed by atoms with van der Waals surface area (Å²) in [6.45, 7) is 2.06. The fraction of sp³-hybridized carbons (Fsp3) is 0.429. The van der Waals surface area contributed by atoms with Crippen molar-refractivity contribution >= 4 is 16.9 Å². The van der Waals surface area contributed by atoms with Crippen molar-refractivity contribution < 1.29 is 0 Å². The van der Waals surface area contributed by atoms with Gasteiger partial charge in [0.2, 0.25) is 0 Å². The summed E-state index contributed by atoms with van der Waals surface area (Å²) >= 11 is 0. The van der Waals surface area contributed by atoms with Crippen LogP contribution in [0.5, 0.6) is 0 Å². The summed E-state index contributed by atoms with van der Waals surface area (Å²) < 4.78 is 0. The minimum absolute atomic E-state index is 0.562. The molecular weight excluding hydrogens is 224 g/mol. The van der Waals surface area contributed by atoms with Gasteiger partial charge in [0.15, 0.2) is 0 Å². The van der Waals surface area contributed by atoms with E-state index >= 15 is 0 Å². The van der Waals surface area contributed by atoms with Gasteiger partial charge in [-0.1, -0.05) is 18.6 Å². The number of piperidine rings is 1. The molecule has 1 unspecified atom stereocenters. The number of rotatable bonds is 3. The van der Waals surface area contributed by atoms with E-state index in [9.17, 15) is 0 Å². The van der Waals surface area contributed by atoms with E-state index in [1.807, 2.05) is 30.5 Å². The Balaban J connectivity index is 1.66. The van der Waals surface area contributed by atoms with Gasteiger partial charge < -0.3 is 10.6 Å². The molecule has 0 aliphatic carbocycles. The van der Waals surface area contributed by atoms with Gasteiger partial charge in [0.05, 0.1) is 17.2 Å². The number of nitrogens with zero attached hydrogens (tertiary/aromatic N) is 2. The van der Waals surface area contributed by atoms with Gasteiger partial charge in [-0.2, -0.15) is 0 Å². The van der Waals surface area contributed by atoms with Crippen LogP contribution in [0.3, 0.4) is 0 Å². The lowest BCUT2D eigenvalue weighted by atomic mass is 10.1. The molecule has 1 aromatic carbocycles. The Labute approximate surface area is 107 Å². The van der Waals surface area contributed by atoms with Crippen LogP contribution in [0.4, 0.5) is 5.82 Å². The van der Waals surface area contributed by atoms with Gasteiger partial charge in [-0.3, -0.25) is 4.98 Å². The van der Waals surface area contributed by atoms with Crippen molar-refractivity contribution in [2.24, 2.45) is 0 Å². The van der Waals surface area contributed by atoms with Crippen molar-refractivity contribution in [1.29, 1.82) is 0 Å². The maximum atomic E-state index is 4.56. The van der Waals surface area contributed by atoms with Crippen LogP contribution in [0.15, 0.2) is 30.5 Å². The molecule has 4 nitrogen and oxygen atoms in total. The van der Waals surface area contributed by atoms with Gasteiger partial charge in [-0.05, 0) is 31.5 Å². The molecule has 1 aliphatic heterocycles. The predicted octanol–water partition coefficient (Wildman–Crippen LogP) is 2.18. The Morgan fingerprint density at radius 2 is 2.11 bits per heavy atom. The highest BCUT2D eigenvalue weighted by Gasteiger charge is 2.12. The van der Waals surface area contributed by atoms with Gasteiger partial charge in [0, 0.05) is 12.6 Å². The van der Waals surface area contributed by atoms with Crippen LogP contribution in [0.2, 0.25) is 0 Å². The first kappa shape index (κ1) is 11.4. The van der Waals surface area contributed by atoms with Crippen molar-refractivity contribution in [2.45, 2.75) is 25.3 Å². The van der Waals surface area contributed by atoms with E-state index in [0.717, 1.165) is 29.9 Å². The molecule has 94 valence electrons. The Hall–Kier alpha value is -1.68. The molecule has 18 heavy (non-hydrogen) atoms. The van der Waals surface area contributed by atoms with Gasteiger partial charge >= 0.3 is 0 Å². The highest BCUT2D eigenvalue weighted by molar-refractivity contribution is 5.75. The van der Waals surface area contributed by atoms with Gasteiger partial charge in [-0.25, -0.2) is 4.98 Å². The number of anilines is 1. The number of fused-ring (bicyclic) bond motifs is 1. The molecule has 2 heterocycles. The number of para-hydroxylation sites is 2. The van der Waals surface area contributed by atoms with Crippen LogP contribution in [0.25, 0.3) is 11.0 Å². The average Bonchev–Trinajstić information content (AvgIpc) is 2.46. The monoisotopic (exact) mass is 242 g/mol. The topological polar surface area (TPSA) is 49.8 Å². The van der Waals surface area contributed by atoms with Crippen LogP contribution in [-0.2, 0) is 0 Å². The van der Waals surface area contributed by atoms with Crippen molar-refractivity contribution in [3.8, 4) is 0 Å². The molecule has 0 bridgehead atoms. The quantitative estimate of drug-likeness (QED) is 0.866. The number of hydrogen-bond acceptors (Lipinski definition) is 4. The third-order valence-electron chi connectivity index (χ3n) is 3.39. The molecule has 1 aliphatic rings. The molecule has 0 spiro atoms. The standard InChI is InChI=1S/C14H18N4/c1-2-7-13-12(6-1)16-10-14(18-13)17-9-11-5-3-4-8-15-11/h1-2,6-7,10-11,15H,3-5,8-9H2,(H,17,18). The largest absolute Gasteiger partial charge is 0.367 e. The SMILES string of the molecule is c1ccc2nc(NCC3CCCCN3)cnc2c1. The molecule has 2 aromatic rings. The summed E-state index contributed by atoms with van der Waals surface area (Å²) in [5.41, 5.74) is 1.89. The second-order valence-corrected chi connectivity index (χ2v) is 4.77. The molecular formula is C14H18N4. The normalized spacial score (nSPS) is 19.9. The highest BCUT2D eigenvalue weighted by Crippen LogP contribution is 2.12. The lowest BCUT2D eigenvalue weighted by Crippen LogP contribution is -2.39. The summed E-state index contributed by atoms with van der Waals surface area (Å²) in [6.07, 6.45) is 5.67. The first-order valence-corrected chi connectivity index (χ1v) is 6.61. The van der Waals surface area contributed by atoms with Gasteiger partial charge in [0.1, 0.15) is 5.82 Å². The van der Waals surface area contributed by atoms with E-state index in [1.54, 1.807) is 0 Å². The van der Waals surface area contributed by atoms with Gasteiger partial charge in [-0.15, -0.1) is 0 Å². The Morgan fingerprint density at radius 1 is 1.22 bits per heavy atom. The molecule has 1 fully saturated rings. The minimum atomic E-state index is 0.562. The number of aromatic nitrogens is 2. The zero-order chi connectivity index (χ0) is 12.2. The maximum absolute atomic E-state index is 4.56. The van der Waals surface area contributed by atoms with E-state index in [2.05, 4.69) is 20.6 Å². The third-order valence-corrected chi connectivity index (χ3v) is 3.39. The zero-order valence-corrected chi connectivity index (χ0v) is 10.4. The molecule has 2 N–H and O–H groups in total. The Morgan fingerprint density at radius 3 is 2.94 bits per heavy atom. The van der Waals surface area contributed by atoms with Crippen LogP contribution in [0, 0.1) is 0 Å². The molecule has 1 saturated heterocycles. The minimum Gasteiger partial charge on any atom is -0.367 e. The summed E-state index contributed by atoms with van der Waals surface area (Å²) in [5.74, 6) is 0.862. The Bertz CT molecular complexity index is 520. The molecule has 3 rings (SSSR count). The number of nitrogens with one attached hydrogen (secondary N) is 2.